The number of benzene rings is 1. The fourth-order valence-corrected chi connectivity index (χ4v) is 2.81. The summed E-state index contributed by atoms with van der Waals surface area (Å²) < 4.78 is 6.95. The van der Waals surface area contributed by atoms with Crippen molar-refractivity contribution in [2.75, 3.05) is 5.32 Å². The van der Waals surface area contributed by atoms with Gasteiger partial charge in [-0.25, -0.2) is 9.48 Å². The Morgan fingerprint density at radius 3 is 2.60 bits per heavy atom. The number of nitrogens with one attached hydrogen (secondary N) is 2. The predicted octanol–water partition coefficient (Wildman–Crippen LogP) is 3.75. The highest BCUT2D eigenvalue weighted by molar-refractivity contribution is 5.89. The van der Waals surface area contributed by atoms with Gasteiger partial charge in [0, 0.05) is 23.6 Å². The van der Waals surface area contributed by atoms with Crippen LogP contribution in [0.4, 0.5) is 10.5 Å². The molecule has 3 aromatic rings. The molecule has 2 heterocycles. The number of urea groups is 1. The minimum absolute atomic E-state index is 0.144. The van der Waals surface area contributed by atoms with Crippen LogP contribution in [-0.2, 0) is 0 Å². The zero-order valence-electron chi connectivity index (χ0n) is 14.5. The van der Waals surface area contributed by atoms with E-state index in [9.17, 15) is 4.79 Å². The van der Waals surface area contributed by atoms with E-state index in [1.54, 1.807) is 10.9 Å². The van der Waals surface area contributed by atoms with Gasteiger partial charge in [-0.3, -0.25) is 0 Å². The van der Waals surface area contributed by atoms with E-state index in [2.05, 4.69) is 20.9 Å². The number of carbonyl (C=O) groups excluding carboxylic acids is 1. The van der Waals surface area contributed by atoms with Gasteiger partial charge >= 0.3 is 6.03 Å². The van der Waals surface area contributed by atoms with E-state index < -0.39 is 0 Å². The van der Waals surface area contributed by atoms with Crippen molar-refractivity contribution >= 4 is 11.7 Å². The van der Waals surface area contributed by atoms with Crippen molar-refractivity contribution in [3.8, 4) is 5.69 Å². The Kier molecular flexibility index (Phi) is 4.83. The third kappa shape index (κ3) is 3.71. The van der Waals surface area contributed by atoms with Gasteiger partial charge in [0.1, 0.15) is 5.76 Å². The Morgan fingerprint density at radius 1 is 1.28 bits per heavy atom. The lowest BCUT2D eigenvalue weighted by molar-refractivity contribution is 0.248. The summed E-state index contributed by atoms with van der Waals surface area (Å²) >= 11 is 0. The summed E-state index contributed by atoms with van der Waals surface area (Å²) in [6, 6.07) is 8.93. The maximum absolute atomic E-state index is 12.3. The smallest absolute Gasteiger partial charge is 0.319 e. The summed E-state index contributed by atoms with van der Waals surface area (Å²) in [5.41, 5.74) is 3.38. The molecule has 2 aromatic heterocycles. The van der Waals surface area contributed by atoms with Gasteiger partial charge in [-0.2, -0.15) is 5.10 Å². The van der Waals surface area contributed by atoms with Gasteiger partial charge in [0.05, 0.1) is 17.4 Å². The fraction of sp³-hybridized carbons (Fsp3) is 0.278. The highest BCUT2D eigenvalue weighted by atomic mass is 16.5. The summed E-state index contributed by atoms with van der Waals surface area (Å²) in [4.78, 5) is 12.3. The molecule has 0 spiro atoms. The number of nitrogens with zero attached hydrogens (tertiary/aromatic N) is 3. The molecule has 0 fully saturated rings. The number of rotatable bonds is 5. The molecule has 0 saturated heterocycles. The molecule has 0 aliphatic heterocycles. The van der Waals surface area contributed by atoms with E-state index in [0.29, 0.717) is 5.69 Å². The lowest BCUT2D eigenvalue weighted by atomic mass is 10.0. The molecule has 2 N–H and O–H groups in total. The monoisotopic (exact) mass is 339 g/mol. The van der Waals surface area contributed by atoms with Crippen molar-refractivity contribution in [2.24, 2.45) is 0 Å². The van der Waals surface area contributed by atoms with Crippen LogP contribution in [0.25, 0.3) is 5.69 Å². The molecule has 7 nitrogen and oxygen atoms in total. The van der Waals surface area contributed by atoms with Gasteiger partial charge in [-0.05, 0) is 50.6 Å². The summed E-state index contributed by atoms with van der Waals surface area (Å²) in [6.07, 6.45) is 4.33. The third-order valence-corrected chi connectivity index (χ3v) is 4.04. The molecule has 1 aromatic carbocycles. The molecule has 7 heteroatoms. The predicted molar refractivity (Wildman–Crippen MR) is 94.7 cm³/mol. The molecule has 0 radical (unpaired) electrons. The third-order valence-electron chi connectivity index (χ3n) is 4.04. The highest BCUT2D eigenvalue weighted by Crippen LogP contribution is 2.24. The average Bonchev–Trinajstić information content (AvgIpc) is 3.24. The minimum Gasteiger partial charge on any atom is -0.361 e. The van der Waals surface area contributed by atoms with Crippen molar-refractivity contribution in [1.82, 2.24) is 20.3 Å². The first-order chi connectivity index (χ1) is 12.1. The molecule has 0 bridgehead atoms. The number of aryl methyl sites for hydroxylation is 2. The molecule has 0 saturated carbocycles. The van der Waals surface area contributed by atoms with Crippen LogP contribution in [0.3, 0.4) is 0 Å². The molecule has 0 unspecified atom stereocenters. The zero-order valence-corrected chi connectivity index (χ0v) is 14.5. The van der Waals surface area contributed by atoms with Gasteiger partial charge in [-0.15, -0.1) is 0 Å². The lowest BCUT2D eigenvalue weighted by Gasteiger charge is -2.17. The van der Waals surface area contributed by atoms with Crippen LogP contribution in [0.1, 0.15) is 36.4 Å². The maximum atomic E-state index is 12.3. The highest BCUT2D eigenvalue weighted by Gasteiger charge is 2.20. The second-order valence-electron chi connectivity index (χ2n) is 5.79. The van der Waals surface area contributed by atoms with Gasteiger partial charge < -0.3 is 15.2 Å². The summed E-state index contributed by atoms with van der Waals surface area (Å²) in [7, 11) is 0. The minimum atomic E-state index is -0.265. The van der Waals surface area contributed by atoms with Crippen molar-refractivity contribution in [3.05, 3.63) is 59.7 Å². The second-order valence-corrected chi connectivity index (χ2v) is 5.79. The Hall–Kier alpha value is -3.09. The SMILES string of the molecule is CC[C@@H](NC(=O)Nc1ccc(-n2cccn2)cc1)c1c(C)noc1C. The molecule has 2 amide bonds. The Morgan fingerprint density at radius 2 is 2.04 bits per heavy atom. The van der Waals surface area contributed by atoms with Crippen molar-refractivity contribution in [2.45, 2.75) is 33.2 Å². The van der Waals surface area contributed by atoms with Crippen LogP contribution in [-0.4, -0.2) is 21.0 Å². The van der Waals surface area contributed by atoms with E-state index >= 15 is 0 Å². The van der Waals surface area contributed by atoms with Crippen LogP contribution in [0, 0.1) is 13.8 Å². The van der Waals surface area contributed by atoms with Crippen molar-refractivity contribution in [1.29, 1.82) is 0 Å². The van der Waals surface area contributed by atoms with Crippen LogP contribution in [0.5, 0.6) is 0 Å². The molecule has 1 atom stereocenters. The first kappa shape index (κ1) is 16.8. The topological polar surface area (TPSA) is 85.0 Å². The first-order valence-corrected chi connectivity index (χ1v) is 8.19. The molecule has 25 heavy (non-hydrogen) atoms. The quantitative estimate of drug-likeness (QED) is 0.741. The molecule has 3 rings (SSSR count). The standard InChI is InChI=1S/C18H21N5O2/c1-4-16(17-12(2)22-25-13(17)3)21-18(24)20-14-6-8-15(9-7-14)23-11-5-10-19-23/h5-11,16H,4H2,1-3H3,(H2,20,21,24)/t16-/m1/s1. The number of hydrogen-bond donors (Lipinski definition) is 2. The average molecular weight is 339 g/mol. The van der Waals surface area contributed by atoms with Crippen LogP contribution in [0.15, 0.2) is 47.2 Å². The van der Waals surface area contributed by atoms with Gasteiger partial charge in [-0.1, -0.05) is 12.1 Å². The summed E-state index contributed by atoms with van der Waals surface area (Å²) in [5, 5.41) is 14.0. The number of amides is 2. The van der Waals surface area contributed by atoms with E-state index in [1.807, 2.05) is 57.3 Å². The molecule has 0 aliphatic rings. The Balaban J connectivity index is 1.65. The van der Waals surface area contributed by atoms with Crippen molar-refractivity contribution in [3.63, 3.8) is 0 Å². The molecular formula is C18H21N5O2. The van der Waals surface area contributed by atoms with Crippen LogP contribution < -0.4 is 10.6 Å². The maximum Gasteiger partial charge on any atom is 0.319 e. The van der Waals surface area contributed by atoms with E-state index in [-0.39, 0.29) is 12.1 Å². The van der Waals surface area contributed by atoms with Gasteiger partial charge in [0.25, 0.3) is 0 Å². The lowest BCUT2D eigenvalue weighted by Crippen LogP contribution is -2.32. The van der Waals surface area contributed by atoms with Crippen molar-refractivity contribution < 1.29 is 9.32 Å². The number of hydrogen-bond acceptors (Lipinski definition) is 4. The first-order valence-electron chi connectivity index (χ1n) is 8.19. The summed E-state index contributed by atoms with van der Waals surface area (Å²) in [6.45, 7) is 5.74. The largest absolute Gasteiger partial charge is 0.361 e. The van der Waals surface area contributed by atoms with E-state index in [4.69, 9.17) is 4.52 Å². The summed E-state index contributed by atoms with van der Waals surface area (Å²) in [5.74, 6) is 0.730. The van der Waals surface area contributed by atoms with E-state index in [1.165, 1.54) is 0 Å². The molecular weight excluding hydrogens is 318 g/mol. The fourth-order valence-electron chi connectivity index (χ4n) is 2.81. The Bertz CT molecular complexity index is 817. The van der Waals surface area contributed by atoms with Gasteiger partial charge in [0.15, 0.2) is 0 Å². The zero-order chi connectivity index (χ0) is 17.8. The van der Waals surface area contributed by atoms with Gasteiger partial charge in [0.2, 0.25) is 0 Å². The number of carbonyl (C=O) groups is 1. The number of aromatic nitrogens is 3. The van der Waals surface area contributed by atoms with Crippen LogP contribution >= 0.6 is 0 Å². The second kappa shape index (κ2) is 7.21. The van der Waals surface area contributed by atoms with E-state index in [0.717, 1.165) is 29.1 Å². The molecule has 0 aliphatic carbocycles. The molecule has 130 valence electrons. The van der Waals surface area contributed by atoms with Crippen LogP contribution in [0.2, 0.25) is 0 Å². The number of anilines is 1. The normalized spacial score (nSPS) is 12.0. The Labute approximate surface area is 146 Å².